The molecule has 0 rings (SSSR count). The normalized spacial score (nSPS) is 11.0. The van der Waals surface area contributed by atoms with Gasteiger partial charge in [-0.05, 0) is 12.8 Å². The van der Waals surface area contributed by atoms with Gasteiger partial charge in [-0.25, -0.2) is 0 Å². The zero-order valence-corrected chi connectivity index (χ0v) is 6.80. The summed E-state index contributed by atoms with van der Waals surface area (Å²) >= 11 is 0. The zero-order valence-electron chi connectivity index (χ0n) is 6.80. The van der Waals surface area contributed by atoms with E-state index in [2.05, 4.69) is 19.1 Å². The van der Waals surface area contributed by atoms with E-state index >= 15 is 0 Å². The van der Waals surface area contributed by atoms with Crippen molar-refractivity contribution in [3.8, 4) is 0 Å². The van der Waals surface area contributed by atoms with E-state index in [9.17, 15) is 0 Å². The van der Waals surface area contributed by atoms with Crippen molar-refractivity contribution < 1.29 is 9.47 Å². The Bertz CT molecular complexity index is 79.3. The Morgan fingerprint density at radius 1 is 1.30 bits per heavy atom. The summed E-state index contributed by atoms with van der Waals surface area (Å²) in [5, 5.41) is 0. The highest BCUT2D eigenvalue weighted by atomic mass is 16.7. The Labute approximate surface area is 62.8 Å². The third kappa shape index (κ3) is 7.66. The molecule has 0 aromatic rings. The van der Waals surface area contributed by atoms with Crippen molar-refractivity contribution in [3.63, 3.8) is 0 Å². The van der Waals surface area contributed by atoms with Crippen LogP contribution >= 0.6 is 0 Å². The van der Waals surface area contributed by atoms with Gasteiger partial charge in [0.2, 0.25) is 0 Å². The number of ether oxygens (including phenoxy) is 2. The molecule has 0 aliphatic rings. The number of rotatable bonds is 6. The molecule has 0 radical (unpaired) electrons. The Kier molecular flexibility index (Phi) is 8.37. The molecular weight excluding hydrogens is 128 g/mol. The Balaban J connectivity index is 2.83. The second-order valence-corrected chi connectivity index (χ2v) is 1.98. The van der Waals surface area contributed by atoms with E-state index in [1.165, 1.54) is 0 Å². The molecule has 0 bridgehead atoms. The highest BCUT2D eigenvalue weighted by molar-refractivity contribution is 4.79. The number of hydrogen-bond donors (Lipinski definition) is 0. The predicted molar refractivity (Wildman–Crippen MR) is 41.9 cm³/mol. The molecule has 0 aliphatic carbocycles. The van der Waals surface area contributed by atoms with Crippen molar-refractivity contribution in [3.05, 3.63) is 12.2 Å². The second-order valence-electron chi connectivity index (χ2n) is 1.98. The van der Waals surface area contributed by atoms with Gasteiger partial charge >= 0.3 is 0 Å². The lowest BCUT2D eigenvalue weighted by Gasteiger charge is -1.97. The van der Waals surface area contributed by atoms with Gasteiger partial charge in [0.25, 0.3) is 0 Å². The summed E-state index contributed by atoms with van der Waals surface area (Å²) in [5.41, 5.74) is 0. The summed E-state index contributed by atoms with van der Waals surface area (Å²) in [7, 11) is 1.63. The van der Waals surface area contributed by atoms with E-state index < -0.39 is 0 Å². The summed E-state index contributed by atoms with van der Waals surface area (Å²) in [4.78, 5) is 0. The fourth-order valence-electron chi connectivity index (χ4n) is 0.578. The fourth-order valence-corrected chi connectivity index (χ4v) is 0.578. The van der Waals surface area contributed by atoms with Crippen LogP contribution in [0.2, 0.25) is 0 Å². The average molecular weight is 144 g/mol. The molecule has 2 nitrogen and oxygen atoms in total. The molecule has 0 aliphatic heterocycles. The monoisotopic (exact) mass is 144 g/mol. The lowest BCUT2D eigenvalue weighted by molar-refractivity contribution is -0.0285. The van der Waals surface area contributed by atoms with E-state index in [4.69, 9.17) is 9.47 Å². The molecule has 0 heterocycles. The SMILES string of the molecule is CCC=CCCOCOC. The van der Waals surface area contributed by atoms with Crippen LogP contribution in [0.4, 0.5) is 0 Å². The lowest BCUT2D eigenvalue weighted by Crippen LogP contribution is -1.96. The maximum Gasteiger partial charge on any atom is 0.146 e. The molecule has 0 atom stereocenters. The summed E-state index contributed by atoms with van der Waals surface area (Å²) < 4.78 is 9.76. The Hall–Kier alpha value is -0.340. The van der Waals surface area contributed by atoms with Gasteiger partial charge in [0.05, 0.1) is 6.61 Å². The van der Waals surface area contributed by atoms with Crippen LogP contribution in [0.15, 0.2) is 12.2 Å². The summed E-state index contributed by atoms with van der Waals surface area (Å²) in [6.45, 7) is 3.27. The molecule has 0 aromatic carbocycles. The minimum Gasteiger partial charge on any atom is -0.359 e. The standard InChI is InChI=1S/C8H16O2/c1-3-4-5-6-7-10-8-9-2/h4-5H,3,6-8H2,1-2H3. The second kappa shape index (κ2) is 8.66. The van der Waals surface area contributed by atoms with Crippen molar-refractivity contribution in [2.45, 2.75) is 19.8 Å². The van der Waals surface area contributed by atoms with Crippen LogP contribution in [0.5, 0.6) is 0 Å². The Morgan fingerprint density at radius 2 is 2.10 bits per heavy atom. The van der Waals surface area contributed by atoms with Gasteiger partial charge < -0.3 is 9.47 Å². The molecule has 0 spiro atoms. The van der Waals surface area contributed by atoms with Gasteiger partial charge in [-0.15, -0.1) is 0 Å². The molecule has 0 aromatic heterocycles. The van der Waals surface area contributed by atoms with Crippen LogP contribution in [0.3, 0.4) is 0 Å². The van der Waals surface area contributed by atoms with E-state index in [-0.39, 0.29) is 0 Å². The van der Waals surface area contributed by atoms with Gasteiger partial charge in [0.15, 0.2) is 0 Å². The minimum absolute atomic E-state index is 0.403. The van der Waals surface area contributed by atoms with Crippen LogP contribution in [0.1, 0.15) is 19.8 Å². The summed E-state index contributed by atoms with van der Waals surface area (Å²) in [5.74, 6) is 0. The molecule has 0 unspecified atom stereocenters. The molecule has 60 valence electrons. The minimum atomic E-state index is 0.403. The highest BCUT2D eigenvalue weighted by Gasteiger charge is 1.80. The smallest absolute Gasteiger partial charge is 0.146 e. The van der Waals surface area contributed by atoms with Crippen LogP contribution in [0, 0.1) is 0 Å². The first kappa shape index (κ1) is 9.66. The highest BCUT2D eigenvalue weighted by Crippen LogP contribution is 1.87. The molecule has 10 heavy (non-hydrogen) atoms. The largest absolute Gasteiger partial charge is 0.359 e. The Morgan fingerprint density at radius 3 is 2.70 bits per heavy atom. The van der Waals surface area contributed by atoms with E-state index in [0.29, 0.717) is 6.79 Å². The topological polar surface area (TPSA) is 18.5 Å². The first-order chi connectivity index (χ1) is 4.91. The lowest BCUT2D eigenvalue weighted by atomic mass is 10.3. The van der Waals surface area contributed by atoms with E-state index in [0.717, 1.165) is 19.4 Å². The zero-order chi connectivity index (χ0) is 7.66. The quantitative estimate of drug-likeness (QED) is 0.322. The maximum absolute atomic E-state index is 5.06. The first-order valence-electron chi connectivity index (χ1n) is 3.63. The van der Waals surface area contributed by atoms with Gasteiger partial charge in [-0.2, -0.15) is 0 Å². The van der Waals surface area contributed by atoms with Crippen LogP contribution in [-0.2, 0) is 9.47 Å². The molecule has 2 heteroatoms. The third-order valence-corrected chi connectivity index (χ3v) is 1.03. The number of hydrogen-bond acceptors (Lipinski definition) is 2. The molecule has 0 fully saturated rings. The van der Waals surface area contributed by atoms with Crippen molar-refractivity contribution in [1.29, 1.82) is 0 Å². The van der Waals surface area contributed by atoms with Crippen LogP contribution in [0.25, 0.3) is 0 Å². The fraction of sp³-hybridized carbons (Fsp3) is 0.750. The third-order valence-electron chi connectivity index (χ3n) is 1.03. The average Bonchev–Trinajstić information content (AvgIpc) is 1.97. The van der Waals surface area contributed by atoms with Crippen LogP contribution < -0.4 is 0 Å². The van der Waals surface area contributed by atoms with E-state index in [1.807, 2.05) is 0 Å². The summed E-state index contributed by atoms with van der Waals surface area (Å²) in [6.07, 6.45) is 6.34. The van der Waals surface area contributed by atoms with Crippen molar-refractivity contribution in [2.24, 2.45) is 0 Å². The molecule has 0 saturated carbocycles. The van der Waals surface area contributed by atoms with Crippen LogP contribution in [-0.4, -0.2) is 20.5 Å². The van der Waals surface area contributed by atoms with Crippen molar-refractivity contribution >= 4 is 0 Å². The molecule has 0 saturated heterocycles. The first-order valence-corrected chi connectivity index (χ1v) is 3.63. The molecule has 0 amide bonds. The van der Waals surface area contributed by atoms with Gasteiger partial charge in [-0.1, -0.05) is 19.1 Å². The predicted octanol–water partition coefficient (Wildman–Crippen LogP) is 1.96. The number of methoxy groups -OCH3 is 1. The molecule has 0 N–H and O–H groups in total. The number of allylic oxidation sites excluding steroid dienone is 1. The van der Waals surface area contributed by atoms with Crippen molar-refractivity contribution in [2.75, 3.05) is 20.5 Å². The maximum atomic E-state index is 5.06. The van der Waals surface area contributed by atoms with Gasteiger partial charge in [-0.3, -0.25) is 0 Å². The van der Waals surface area contributed by atoms with Crippen molar-refractivity contribution in [1.82, 2.24) is 0 Å². The van der Waals surface area contributed by atoms with Gasteiger partial charge in [0.1, 0.15) is 6.79 Å². The van der Waals surface area contributed by atoms with E-state index in [1.54, 1.807) is 7.11 Å². The van der Waals surface area contributed by atoms with Gasteiger partial charge in [0, 0.05) is 7.11 Å². The summed E-state index contributed by atoms with van der Waals surface area (Å²) in [6, 6.07) is 0. The molecular formula is C8H16O2.